The highest BCUT2D eigenvalue weighted by Gasteiger charge is 2.21. The minimum atomic E-state index is 0.935. The molecule has 0 saturated heterocycles. The Hall–Kier alpha value is -5.60. The number of aromatic nitrogens is 1. The molecule has 0 radical (unpaired) electrons. The smallest absolute Gasteiger partial charge is 0.143 e. The number of nitrogens with zero attached hydrogens (tertiary/aromatic N) is 1. The molecular formula is C40H23NO. The fourth-order valence-electron chi connectivity index (χ4n) is 7.38. The van der Waals surface area contributed by atoms with E-state index >= 15 is 0 Å². The molecule has 0 aliphatic carbocycles. The molecule has 0 atom stereocenters. The van der Waals surface area contributed by atoms with Crippen molar-refractivity contribution in [1.82, 2.24) is 4.57 Å². The van der Waals surface area contributed by atoms with Crippen LogP contribution in [0.3, 0.4) is 0 Å². The maximum absolute atomic E-state index is 6.56. The molecule has 2 aromatic heterocycles. The lowest BCUT2D eigenvalue weighted by Gasteiger charge is -2.16. The predicted molar refractivity (Wildman–Crippen MR) is 177 cm³/mol. The van der Waals surface area contributed by atoms with Crippen LogP contribution in [-0.4, -0.2) is 4.57 Å². The lowest BCUT2D eigenvalue weighted by molar-refractivity contribution is 0.673. The van der Waals surface area contributed by atoms with Crippen LogP contribution in [0.4, 0.5) is 0 Å². The normalized spacial score (nSPS) is 12.3. The molecule has 0 saturated carbocycles. The Labute approximate surface area is 241 Å². The second kappa shape index (κ2) is 7.99. The molecular weight excluding hydrogens is 510 g/mol. The van der Waals surface area contributed by atoms with Crippen LogP contribution >= 0.6 is 0 Å². The molecule has 2 heterocycles. The zero-order chi connectivity index (χ0) is 27.4. The van der Waals surface area contributed by atoms with Gasteiger partial charge in [0.1, 0.15) is 11.2 Å². The van der Waals surface area contributed by atoms with E-state index in [2.05, 4.69) is 144 Å². The van der Waals surface area contributed by atoms with Gasteiger partial charge in [0.2, 0.25) is 0 Å². The summed E-state index contributed by atoms with van der Waals surface area (Å²) in [5.74, 6) is 0. The van der Waals surface area contributed by atoms with Crippen molar-refractivity contribution in [3.63, 3.8) is 0 Å². The van der Waals surface area contributed by atoms with E-state index in [1.165, 1.54) is 81.7 Å². The molecule has 8 aromatic carbocycles. The summed E-state index contributed by atoms with van der Waals surface area (Å²) in [5, 5.41) is 12.4. The molecule has 10 rings (SSSR count). The van der Waals surface area contributed by atoms with Crippen LogP contribution < -0.4 is 0 Å². The molecule has 2 heteroatoms. The number of rotatable bonds is 2. The van der Waals surface area contributed by atoms with Gasteiger partial charge < -0.3 is 8.98 Å². The highest BCUT2D eigenvalue weighted by molar-refractivity contribution is 6.37. The first-order valence-electron chi connectivity index (χ1n) is 14.4. The van der Waals surface area contributed by atoms with Gasteiger partial charge in [0.25, 0.3) is 0 Å². The van der Waals surface area contributed by atoms with Crippen LogP contribution in [0.5, 0.6) is 0 Å². The van der Waals surface area contributed by atoms with Crippen molar-refractivity contribution in [2.45, 2.75) is 0 Å². The summed E-state index contributed by atoms with van der Waals surface area (Å²) in [4.78, 5) is 0. The third kappa shape index (κ3) is 2.78. The first-order chi connectivity index (χ1) is 20.8. The monoisotopic (exact) mass is 533 g/mol. The lowest BCUT2D eigenvalue weighted by Crippen LogP contribution is -1.93. The average molecular weight is 534 g/mol. The summed E-state index contributed by atoms with van der Waals surface area (Å²) in [6, 6.07) is 50.5. The van der Waals surface area contributed by atoms with Crippen molar-refractivity contribution in [2.24, 2.45) is 0 Å². The average Bonchev–Trinajstić information content (AvgIpc) is 3.60. The molecule has 10 aromatic rings. The number of fused-ring (bicyclic) bond motifs is 8. The highest BCUT2D eigenvalue weighted by atomic mass is 16.3. The van der Waals surface area contributed by atoms with E-state index in [9.17, 15) is 0 Å². The van der Waals surface area contributed by atoms with Gasteiger partial charge in [0.05, 0.1) is 11.0 Å². The Morgan fingerprint density at radius 2 is 1.14 bits per heavy atom. The topological polar surface area (TPSA) is 18.1 Å². The second-order valence-electron chi connectivity index (χ2n) is 11.3. The second-order valence-corrected chi connectivity index (χ2v) is 11.3. The summed E-state index contributed by atoms with van der Waals surface area (Å²) in [7, 11) is 0. The van der Waals surface area contributed by atoms with Crippen molar-refractivity contribution >= 4 is 76.1 Å². The van der Waals surface area contributed by atoms with Gasteiger partial charge in [-0.1, -0.05) is 97.1 Å². The standard InChI is InChI=1S/C40H23NO/c1-2-11-26(12-3-1)41-34-18-6-4-13-27(34)33-22-24(20-21-35(33)41)32-23-25-10-8-16-30-37(25)38-28(32)15-9-17-31(38)40-39(30)29-14-5-7-19-36(29)42-40/h1-23H. The van der Waals surface area contributed by atoms with Crippen LogP contribution in [0, 0.1) is 0 Å². The Kier molecular flexibility index (Phi) is 4.21. The fourth-order valence-corrected chi connectivity index (χ4v) is 7.38. The zero-order valence-electron chi connectivity index (χ0n) is 22.6. The summed E-state index contributed by atoms with van der Waals surface area (Å²) < 4.78 is 8.94. The Bertz CT molecular complexity index is 2670. The van der Waals surface area contributed by atoms with Crippen LogP contribution in [0.15, 0.2) is 144 Å². The molecule has 2 nitrogen and oxygen atoms in total. The van der Waals surface area contributed by atoms with Gasteiger partial charge >= 0.3 is 0 Å². The van der Waals surface area contributed by atoms with Crippen LogP contribution in [0.1, 0.15) is 0 Å². The minimum Gasteiger partial charge on any atom is -0.455 e. The van der Waals surface area contributed by atoms with Crippen LogP contribution in [-0.2, 0) is 0 Å². The van der Waals surface area contributed by atoms with Gasteiger partial charge in [-0.15, -0.1) is 0 Å². The van der Waals surface area contributed by atoms with Crippen molar-refractivity contribution in [3.05, 3.63) is 140 Å². The van der Waals surface area contributed by atoms with E-state index in [1.54, 1.807) is 0 Å². The van der Waals surface area contributed by atoms with Gasteiger partial charge in [-0.2, -0.15) is 0 Å². The number of hydrogen-bond acceptors (Lipinski definition) is 1. The number of furan rings is 1. The van der Waals surface area contributed by atoms with Gasteiger partial charge in [0, 0.05) is 38.0 Å². The minimum absolute atomic E-state index is 0.935. The molecule has 42 heavy (non-hydrogen) atoms. The van der Waals surface area contributed by atoms with E-state index in [-0.39, 0.29) is 0 Å². The Balaban J connectivity index is 1.33. The SMILES string of the molecule is c1ccc(-n2c3ccccc3c3cc(-c4cc5cccc6c7c8ccccc8oc7c7cccc4c7c56)ccc32)cc1. The quantitative estimate of drug-likeness (QED) is 0.202. The summed E-state index contributed by atoms with van der Waals surface area (Å²) in [6.45, 7) is 0. The number of hydrogen-bond donors (Lipinski definition) is 0. The Morgan fingerprint density at radius 1 is 0.429 bits per heavy atom. The molecule has 0 aliphatic rings. The molecule has 0 fully saturated rings. The fraction of sp³-hybridized carbons (Fsp3) is 0. The molecule has 0 amide bonds. The van der Waals surface area contributed by atoms with E-state index in [1.807, 2.05) is 0 Å². The summed E-state index contributed by atoms with van der Waals surface area (Å²) >= 11 is 0. The molecule has 0 unspecified atom stereocenters. The predicted octanol–water partition coefficient (Wildman–Crippen LogP) is 11.2. The third-order valence-electron chi connectivity index (χ3n) is 9.11. The van der Waals surface area contributed by atoms with Crippen molar-refractivity contribution in [1.29, 1.82) is 0 Å². The number of benzene rings is 8. The molecule has 0 spiro atoms. The first-order valence-corrected chi connectivity index (χ1v) is 14.4. The molecule has 194 valence electrons. The van der Waals surface area contributed by atoms with Crippen molar-refractivity contribution in [3.8, 4) is 16.8 Å². The van der Waals surface area contributed by atoms with Crippen LogP contribution in [0.25, 0.3) is 92.9 Å². The van der Waals surface area contributed by atoms with Gasteiger partial charge in [-0.25, -0.2) is 0 Å². The summed E-state index contributed by atoms with van der Waals surface area (Å²) in [6.07, 6.45) is 0. The van der Waals surface area contributed by atoms with Gasteiger partial charge in [-0.3, -0.25) is 0 Å². The zero-order valence-corrected chi connectivity index (χ0v) is 22.6. The molecule has 0 aliphatic heterocycles. The van der Waals surface area contributed by atoms with Gasteiger partial charge in [-0.05, 0) is 75.1 Å². The lowest BCUT2D eigenvalue weighted by atomic mass is 9.87. The summed E-state index contributed by atoms with van der Waals surface area (Å²) in [5.41, 5.74) is 7.98. The third-order valence-corrected chi connectivity index (χ3v) is 9.11. The first kappa shape index (κ1) is 22.1. The van der Waals surface area contributed by atoms with Gasteiger partial charge in [0.15, 0.2) is 0 Å². The molecule has 0 N–H and O–H groups in total. The largest absolute Gasteiger partial charge is 0.455 e. The molecule has 0 bridgehead atoms. The van der Waals surface area contributed by atoms with E-state index in [0.29, 0.717) is 0 Å². The highest BCUT2D eigenvalue weighted by Crippen LogP contribution is 2.47. The van der Waals surface area contributed by atoms with Crippen molar-refractivity contribution < 1.29 is 4.42 Å². The van der Waals surface area contributed by atoms with Crippen molar-refractivity contribution in [2.75, 3.05) is 0 Å². The van der Waals surface area contributed by atoms with E-state index in [0.717, 1.165) is 11.2 Å². The maximum atomic E-state index is 6.56. The van der Waals surface area contributed by atoms with E-state index in [4.69, 9.17) is 4.42 Å². The Morgan fingerprint density at radius 3 is 2.07 bits per heavy atom. The number of para-hydroxylation sites is 3. The maximum Gasteiger partial charge on any atom is 0.143 e. The van der Waals surface area contributed by atoms with Crippen LogP contribution in [0.2, 0.25) is 0 Å². The van der Waals surface area contributed by atoms with E-state index < -0.39 is 0 Å².